The van der Waals surface area contributed by atoms with Gasteiger partial charge < -0.3 is 5.11 Å². The molecule has 3 unspecified atom stereocenters. The summed E-state index contributed by atoms with van der Waals surface area (Å²) in [5.41, 5.74) is 2.11. The molecular weight excluding hydrogens is 212 g/mol. The van der Waals surface area contributed by atoms with Crippen LogP contribution in [-0.4, -0.2) is 17.5 Å². The average molecular weight is 236 g/mol. The van der Waals surface area contributed by atoms with Crippen molar-refractivity contribution in [3.63, 3.8) is 0 Å². The first kappa shape index (κ1) is 14.2. The second-order valence-corrected chi connectivity index (χ2v) is 5.33. The average Bonchev–Trinajstić information content (AvgIpc) is 2.28. The summed E-state index contributed by atoms with van der Waals surface area (Å²) in [5, 5.41) is 10.0. The molecule has 0 aliphatic heterocycles. The van der Waals surface area contributed by atoms with Crippen LogP contribution >= 0.6 is 0 Å². The number of aliphatic hydroxyl groups excluding tert-OH is 1. The second-order valence-electron chi connectivity index (χ2n) is 5.33. The summed E-state index contributed by atoms with van der Waals surface area (Å²) in [6.45, 7) is 6.12. The monoisotopic (exact) mass is 236 g/mol. The molecule has 2 heteroatoms. The molecule has 2 nitrogen and oxygen atoms in total. The minimum absolute atomic E-state index is 0.283. The van der Waals surface area contributed by atoms with Gasteiger partial charge in [-0.1, -0.05) is 24.6 Å². The molecule has 0 aromatic heterocycles. The summed E-state index contributed by atoms with van der Waals surface area (Å²) in [7, 11) is 0. The van der Waals surface area contributed by atoms with Crippen LogP contribution in [-0.2, 0) is 4.79 Å². The van der Waals surface area contributed by atoms with Crippen LogP contribution in [0.25, 0.3) is 0 Å². The van der Waals surface area contributed by atoms with E-state index in [0.29, 0.717) is 11.8 Å². The van der Waals surface area contributed by atoms with Gasteiger partial charge in [-0.15, -0.1) is 0 Å². The molecule has 1 rings (SSSR count). The third kappa shape index (κ3) is 4.47. The SMILES string of the molecule is CC1=CC(O)C(C(C)CC/C=C(\C)C=O)CC1. The zero-order valence-electron chi connectivity index (χ0n) is 11.1. The van der Waals surface area contributed by atoms with Crippen molar-refractivity contribution in [3.8, 4) is 0 Å². The van der Waals surface area contributed by atoms with Crippen LogP contribution in [0.5, 0.6) is 0 Å². The normalized spacial score (nSPS) is 27.5. The maximum atomic E-state index is 10.5. The molecule has 0 saturated carbocycles. The van der Waals surface area contributed by atoms with E-state index < -0.39 is 0 Å². The first-order valence-corrected chi connectivity index (χ1v) is 6.52. The van der Waals surface area contributed by atoms with E-state index in [4.69, 9.17) is 0 Å². The summed E-state index contributed by atoms with van der Waals surface area (Å²) >= 11 is 0. The van der Waals surface area contributed by atoms with Crippen molar-refractivity contribution >= 4 is 6.29 Å². The number of hydrogen-bond acceptors (Lipinski definition) is 2. The highest BCUT2D eigenvalue weighted by atomic mass is 16.3. The smallest absolute Gasteiger partial charge is 0.145 e. The maximum Gasteiger partial charge on any atom is 0.145 e. The van der Waals surface area contributed by atoms with E-state index >= 15 is 0 Å². The highest BCUT2D eigenvalue weighted by Crippen LogP contribution is 2.31. The lowest BCUT2D eigenvalue weighted by molar-refractivity contribution is -0.104. The molecule has 17 heavy (non-hydrogen) atoms. The van der Waals surface area contributed by atoms with Crippen LogP contribution in [0.1, 0.15) is 46.5 Å². The zero-order chi connectivity index (χ0) is 12.8. The van der Waals surface area contributed by atoms with Crippen LogP contribution < -0.4 is 0 Å². The van der Waals surface area contributed by atoms with Gasteiger partial charge in [0.05, 0.1) is 6.10 Å². The minimum atomic E-state index is -0.283. The lowest BCUT2D eigenvalue weighted by Crippen LogP contribution is -2.28. The predicted octanol–water partition coefficient (Wildman–Crippen LogP) is 3.27. The van der Waals surface area contributed by atoms with E-state index in [1.165, 1.54) is 5.57 Å². The van der Waals surface area contributed by atoms with Crippen molar-refractivity contribution in [1.29, 1.82) is 0 Å². The maximum absolute atomic E-state index is 10.5. The molecule has 0 bridgehead atoms. The second kappa shape index (κ2) is 6.75. The van der Waals surface area contributed by atoms with Crippen LogP contribution in [0.3, 0.4) is 0 Å². The molecule has 1 N–H and O–H groups in total. The largest absolute Gasteiger partial charge is 0.389 e. The van der Waals surface area contributed by atoms with E-state index in [9.17, 15) is 9.90 Å². The fourth-order valence-corrected chi connectivity index (χ4v) is 2.52. The van der Waals surface area contributed by atoms with Gasteiger partial charge in [0.15, 0.2) is 0 Å². The summed E-state index contributed by atoms with van der Waals surface area (Å²) < 4.78 is 0. The number of allylic oxidation sites excluding steroid dienone is 3. The van der Waals surface area contributed by atoms with Gasteiger partial charge in [0, 0.05) is 0 Å². The Labute approximate surface area is 104 Å². The Balaban J connectivity index is 2.43. The van der Waals surface area contributed by atoms with E-state index in [1.807, 2.05) is 19.1 Å². The van der Waals surface area contributed by atoms with Crippen molar-refractivity contribution in [2.75, 3.05) is 0 Å². The molecule has 0 aromatic carbocycles. The third-order valence-corrected chi connectivity index (χ3v) is 3.77. The topological polar surface area (TPSA) is 37.3 Å². The number of aliphatic hydroxyl groups is 1. The van der Waals surface area contributed by atoms with E-state index in [0.717, 1.165) is 37.5 Å². The number of rotatable bonds is 5. The summed E-state index contributed by atoms with van der Waals surface area (Å²) in [5.74, 6) is 0.883. The van der Waals surface area contributed by atoms with Crippen molar-refractivity contribution in [3.05, 3.63) is 23.3 Å². The highest BCUT2D eigenvalue weighted by molar-refractivity contribution is 5.71. The van der Waals surface area contributed by atoms with Crippen molar-refractivity contribution in [2.24, 2.45) is 11.8 Å². The number of aldehydes is 1. The zero-order valence-corrected chi connectivity index (χ0v) is 11.1. The number of hydrogen-bond donors (Lipinski definition) is 1. The van der Waals surface area contributed by atoms with Crippen molar-refractivity contribution < 1.29 is 9.90 Å². The number of carbonyl (C=O) groups is 1. The summed E-state index contributed by atoms with van der Waals surface area (Å²) in [6, 6.07) is 0. The molecule has 3 atom stereocenters. The van der Waals surface area contributed by atoms with Gasteiger partial charge in [0.25, 0.3) is 0 Å². The molecule has 0 spiro atoms. The highest BCUT2D eigenvalue weighted by Gasteiger charge is 2.26. The van der Waals surface area contributed by atoms with Crippen molar-refractivity contribution in [2.45, 2.75) is 52.6 Å². The van der Waals surface area contributed by atoms with Gasteiger partial charge in [0.1, 0.15) is 6.29 Å². The summed E-state index contributed by atoms with van der Waals surface area (Å²) in [4.78, 5) is 10.5. The van der Waals surface area contributed by atoms with Crippen molar-refractivity contribution in [1.82, 2.24) is 0 Å². The number of carbonyl (C=O) groups excluding carboxylic acids is 1. The van der Waals surface area contributed by atoms with Gasteiger partial charge in [-0.05, 0) is 56.9 Å². The Hall–Kier alpha value is -0.890. The minimum Gasteiger partial charge on any atom is -0.389 e. The standard InChI is InChI=1S/C15H24O2/c1-11-7-8-14(15(17)9-11)13(3)6-4-5-12(2)10-16/h5,9-10,13-15,17H,4,6-8H2,1-3H3/b12-5+. The fourth-order valence-electron chi connectivity index (χ4n) is 2.52. The molecule has 1 aliphatic rings. The molecule has 0 heterocycles. The quantitative estimate of drug-likeness (QED) is 0.452. The Bertz CT molecular complexity index is 315. The molecule has 0 saturated heterocycles. The first-order valence-electron chi connectivity index (χ1n) is 6.52. The van der Waals surface area contributed by atoms with Gasteiger partial charge in [-0.2, -0.15) is 0 Å². The lowest BCUT2D eigenvalue weighted by Gasteiger charge is -2.30. The predicted molar refractivity (Wildman–Crippen MR) is 70.7 cm³/mol. The van der Waals surface area contributed by atoms with Crippen LogP contribution in [0.2, 0.25) is 0 Å². The Morgan fingerprint density at radius 3 is 2.94 bits per heavy atom. The molecule has 0 radical (unpaired) electrons. The van der Waals surface area contributed by atoms with Gasteiger partial charge in [0.2, 0.25) is 0 Å². The van der Waals surface area contributed by atoms with E-state index in [-0.39, 0.29) is 6.10 Å². The van der Waals surface area contributed by atoms with Crippen LogP contribution in [0, 0.1) is 11.8 Å². The first-order chi connectivity index (χ1) is 8.04. The lowest BCUT2D eigenvalue weighted by atomic mass is 9.78. The van der Waals surface area contributed by atoms with Crippen LogP contribution in [0.4, 0.5) is 0 Å². The molecule has 96 valence electrons. The van der Waals surface area contributed by atoms with E-state index in [1.54, 1.807) is 0 Å². The van der Waals surface area contributed by atoms with Gasteiger partial charge >= 0.3 is 0 Å². The summed E-state index contributed by atoms with van der Waals surface area (Å²) in [6.07, 6.45) is 8.76. The Morgan fingerprint density at radius 2 is 2.35 bits per heavy atom. The fraction of sp³-hybridized carbons (Fsp3) is 0.667. The van der Waals surface area contributed by atoms with Gasteiger partial charge in [-0.25, -0.2) is 0 Å². The molecule has 0 amide bonds. The van der Waals surface area contributed by atoms with Crippen LogP contribution in [0.15, 0.2) is 23.3 Å². The third-order valence-electron chi connectivity index (χ3n) is 3.77. The Kier molecular flexibility index (Phi) is 5.63. The molecule has 0 fully saturated rings. The molecule has 0 aromatic rings. The molecule has 1 aliphatic carbocycles. The van der Waals surface area contributed by atoms with Gasteiger partial charge in [-0.3, -0.25) is 4.79 Å². The Morgan fingerprint density at radius 1 is 1.65 bits per heavy atom. The molecular formula is C15H24O2. The van der Waals surface area contributed by atoms with E-state index in [2.05, 4.69) is 13.8 Å².